The summed E-state index contributed by atoms with van der Waals surface area (Å²) in [5, 5.41) is 15.5. The highest BCUT2D eigenvalue weighted by atomic mass is 32.1. The normalized spacial score (nSPS) is 11.4. The van der Waals surface area contributed by atoms with Crippen LogP contribution >= 0.6 is 11.3 Å². The fourth-order valence-electron chi connectivity index (χ4n) is 2.79. The van der Waals surface area contributed by atoms with Crippen molar-refractivity contribution in [2.24, 2.45) is 0 Å². The minimum atomic E-state index is -1.35. The van der Waals surface area contributed by atoms with Gasteiger partial charge in [0.1, 0.15) is 5.56 Å². The molecule has 0 aliphatic carbocycles. The molecular weight excluding hydrogens is 476 g/mol. The van der Waals surface area contributed by atoms with Gasteiger partial charge in [-0.25, -0.2) is 18.6 Å². The summed E-state index contributed by atoms with van der Waals surface area (Å²) in [5.74, 6) is -3.83. The summed E-state index contributed by atoms with van der Waals surface area (Å²) in [7, 11) is 2.57. The minimum Gasteiger partial charge on any atom is -0.493 e. The van der Waals surface area contributed by atoms with E-state index < -0.39 is 45.8 Å². The van der Waals surface area contributed by atoms with Gasteiger partial charge in [-0.2, -0.15) is 0 Å². The third kappa shape index (κ3) is 5.26. The molecule has 1 aromatic heterocycles. The zero-order valence-electron chi connectivity index (χ0n) is 18.0. The highest BCUT2D eigenvalue weighted by Gasteiger charge is 2.28. The third-order valence-electron chi connectivity index (χ3n) is 4.52. The average molecular weight is 493 g/mol. The maximum absolute atomic E-state index is 13.4. The molecule has 0 spiro atoms. The van der Waals surface area contributed by atoms with Crippen LogP contribution < -0.4 is 14.8 Å². The van der Waals surface area contributed by atoms with Crippen molar-refractivity contribution in [2.75, 3.05) is 19.5 Å². The first-order chi connectivity index (χ1) is 16.1. The Balaban J connectivity index is 1.73. The number of amides is 1. The van der Waals surface area contributed by atoms with Crippen LogP contribution in [-0.4, -0.2) is 42.1 Å². The number of benzene rings is 2. The molecule has 34 heavy (non-hydrogen) atoms. The standard InChI is InChI=1S/C21H17F2N3O7S/c1-10(33-20(28)12-7-17(31-2)18(32-3)8-16(12)26(29)30)19(27)25-21-24-15(9-34-21)11-4-5-13(22)14(23)6-11/h4-10H,1-3H3,(H,24,25,27)/t10-/m0/s1. The largest absolute Gasteiger partial charge is 0.493 e. The summed E-state index contributed by atoms with van der Waals surface area (Å²) < 4.78 is 41.7. The van der Waals surface area contributed by atoms with Crippen molar-refractivity contribution in [3.63, 3.8) is 0 Å². The van der Waals surface area contributed by atoms with E-state index in [9.17, 15) is 28.5 Å². The number of carbonyl (C=O) groups is 2. The Kier molecular flexibility index (Phi) is 7.36. The summed E-state index contributed by atoms with van der Waals surface area (Å²) >= 11 is 1.01. The number of carbonyl (C=O) groups excluding carboxylic acids is 2. The van der Waals surface area contributed by atoms with Gasteiger partial charge in [-0.05, 0) is 25.1 Å². The summed E-state index contributed by atoms with van der Waals surface area (Å²) in [6.45, 7) is 1.27. The van der Waals surface area contributed by atoms with E-state index in [2.05, 4.69) is 10.3 Å². The van der Waals surface area contributed by atoms with Crippen LogP contribution in [-0.2, 0) is 9.53 Å². The molecule has 1 heterocycles. The monoisotopic (exact) mass is 493 g/mol. The van der Waals surface area contributed by atoms with Crippen molar-refractivity contribution < 1.29 is 37.5 Å². The molecule has 0 aliphatic rings. The zero-order chi connectivity index (χ0) is 25.0. The van der Waals surface area contributed by atoms with Gasteiger partial charge >= 0.3 is 5.97 Å². The van der Waals surface area contributed by atoms with E-state index in [0.29, 0.717) is 11.3 Å². The van der Waals surface area contributed by atoms with Gasteiger partial charge in [-0.1, -0.05) is 0 Å². The number of nitrogens with zero attached hydrogens (tertiary/aromatic N) is 2. The molecule has 3 aromatic rings. The SMILES string of the molecule is COc1cc(C(=O)O[C@@H](C)C(=O)Nc2nc(-c3ccc(F)c(F)c3)cs2)c([N+](=O)[O-])cc1OC. The van der Waals surface area contributed by atoms with Crippen molar-refractivity contribution >= 4 is 34.0 Å². The van der Waals surface area contributed by atoms with Crippen LogP contribution in [0.5, 0.6) is 11.5 Å². The second-order valence-electron chi connectivity index (χ2n) is 6.69. The first kappa shape index (κ1) is 24.5. The summed E-state index contributed by atoms with van der Waals surface area (Å²) in [4.78, 5) is 39.7. The van der Waals surface area contributed by atoms with Crippen LogP contribution in [0.3, 0.4) is 0 Å². The van der Waals surface area contributed by atoms with E-state index in [1.165, 1.54) is 32.6 Å². The van der Waals surface area contributed by atoms with Gasteiger partial charge in [-0.15, -0.1) is 11.3 Å². The molecule has 0 fully saturated rings. The van der Waals surface area contributed by atoms with Crippen LogP contribution in [0.4, 0.5) is 19.6 Å². The fraction of sp³-hybridized carbons (Fsp3) is 0.190. The van der Waals surface area contributed by atoms with E-state index >= 15 is 0 Å². The molecule has 10 nitrogen and oxygen atoms in total. The van der Waals surface area contributed by atoms with E-state index in [4.69, 9.17) is 14.2 Å². The van der Waals surface area contributed by atoms with Gasteiger partial charge in [0.05, 0.1) is 30.9 Å². The average Bonchev–Trinajstić information content (AvgIpc) is 3.27. The summed E-state index contributed by atoms with van der Waals surface area (Å²) in [6.07, 6.45) is -1.35. The van der Waals surface area contributed by atoms with Crippen LogP contribution in [0.2, 0.25) is 0 Å². The number of methoxy groups -OCH3 is 2. The topological polar surface area (TPSA) is 130 Å². The van der Waals surface area contributed by atoms with Crippen LogP contribution in [0.25, 0.3) is 11.3 Å². The number of rotatable bonds is 8. The molecule has 13 heteroatoms. The van der Waals surface area contributed by atoms with Gasteiger partial charge in [-0.3, -0.25) is 20.2 Å². The maximum atomic E-state index is 13.4. The molecule has 2 aromatic carbocycles. The molecule has 178 valence electrons. The number of thiazole rings is 1. The number of hydrogen-bond acceptors (Lipinski definition) is 9. The van der Waals surface area contributed by atoms with Crippen LogP contribution in [0.15, 0.2) is 35.7 Å². The number of nitrogens with one attached hydrogen (secondary N) is 1. The van der Waals surface area contributed by atoms with Gasteiger partial charge < -0.3 is 14.2 Å². The van der Waals surface area contributed by atoms with Crippen molar-refractivity contribution in [3.8, 4) is 22.8 Å². The lowest BCUT2D eigenvalue weighted by atomic mass is 10.1. The number of hydrogen-bond donors (Lipinski definition) is 1. The molecule has 0 saturated carbocycles. The van der Waals surface area contributed by atoms with Gasteiger partial charge in [0.25, 0.3) is 11.6 Å². The Morgan fingerprint density at radius 2 is 1.79 bits per heavy atom. The van der Waals surface area contributed by atoms with E-state index in [-0.39, 0.29) is 16.6 Å². The fourth-order valence-corrected chi connectivity index (χ4v) is 3.51. The van der Waals surface area contributed by atoms with Crippen molar-refractivity contribution in [3.05, 3.63) is 63.0 Å². The molecule has 1 N–H and O–H groups in total. The van der Waals surface area contributed by atoms with Crippen LogP contribution in [0.1, 0.15) is 17.3 Å². The number of anilines is 1. The molecule has 0 aliphatic heterocycles. The number of nitro benzene ring substituents is 1. The van der Waals surface area contributed by atoms with Gasteiger partial charge in [0.15, 0.2) is 34.4 Å². The number of nitro groups is 1. The van der Waals surface area contributed by atoms with E-state index in [1.807, 2.05) is 0 Å². The lowest BCUT2D eigenvalue weighted by Crippen LogP contribution is -2.30. The van der Waals surface area contributed by atoms with Gasteiger partial charge in [0, 0.05) is 17.0 Å². The minimum absolute atomic E-state index is 0.0390. The Morgan fingerprint density at radius 3 is 2.41 bits per heavy atom. The van der Waals surface area contributed by atoms with Crippen molar-refractivity contribution in [1.29, 1.82) is 0 Å². The Labute approximate surface area is 195 Å². The highest BCUT2D eigenvalue weighted by Crippen LogP contribution is 2.35. The first-order valence-corrected chi connectivity index (χ1v) is 10.4. The molecule has 1 atom stereocenters. The number of halogens is 2. The first-order valence-electron chi connectivity index (χ1n) is 9.47. The summed E-state index contributed by atoms with van der Waals surface area (Å²) in [5.41, 5.74) is -0.427. The molecular formula is C21H17F2N3O7S. The zero-order valence-corrected chi connectivity index (χ0v) is 18.8. The quantitative estimate of drug-likeness (QED) is 0.281. The van der Waals surface area contributed by atoms with Crippen LogP contribution in [0, 0.1) is 21.7 Å². The second kappa shape index (κ2) is 10.2. The number of esters is 1. The summed E-state index contributed by atoms with van der Waals surface area (Å²) in [6, 6.07) is 5.35. The Morgan fingerprint density at radius 1 is 1.12 bits per heavy atom. The Bertz CT molecular complexity index is 1270. The van der Waals surface area contributed by atoms with Crippen molar-refractivity contribution in [1.82, 2.24) is 4.98 Å². The molecule has 0 unspecified atom stereocenters. The Hall–Kier alpha value is -4.13. The molecule has 3 rings (SSSR count). The highest BCUT2D eigenvalue weighted by molar-refractivity contribution is 7.14. The number of ether oxygens (including phenoxy) is 3. The molecule has 0 saturated heterocycles. The second-order valence-corrected chi connectivity index (χ2v) is 7.54. The van der Waals surface area contributed by atoms with E-state index in [1.54, 1.807) is 0 Å². The van der Waals surface area contributed by atoms with Crippen molar-refractivity contribution in [2.45, 2.75) is 13.0 Å². The maximum Gasteiger partial charge on any atom is 0.346 e. The smallest absolute Gasteiger partial charge is 0.346 e. The lowest BCUT2D eigenvalue weighted by Gasteiger charge is -2.14. The molecule has 0 radical (unpaired) electrons. The third-order valence-corrected chi connectivity index (χ3v) is 5.28. The predicted molar refractivity (Wildman–Crippen MR) is 117 cm³/mol. The molecule has 0 bridgehead atoms. The van der Waals surface area contributed by atoms with E-state index in [0.717, 1.165) is 35.6 Å². The van der Waals surface area contributed by atoms with Gasteiger partial charge in [0.2, 0.25) is 0 Å². The lowest BCUT2D eigenvalue weighted by molar-refractivity contribution is -0.385. The number of aromatic nitrogens is 1. The predicted octanol–water partition coefficient (Wildman–Crippen LogP) is 4.20. The molecule has 1 amide bonds.